The topological polar surface area (TPSA) is 3.24 Å². The zero-order valence-corrected chi connectivity index (χ0v) is 14.1. The van der Waals surface area contributed by atoms with Gasteiger partial charge in [0.1, 0.15) is 16.5 Å². The Balaban J connectivity index is 5.84. The van der Waals surface area contributed by atoms with Gasteiger partial charge in [0.15, 0.2) is 8.07 Å². The van der Waals surface area contributed by atoms with Crippen molar-refractivity contribution in [3.63, 3.8) is 0 Å². The van der Waals surface area contributed by atoms with Gasteiger partial charge in [0.25, 0.3) is 0 Å². The minimum atomic E-state index is -5.23. The largest absolute Gasteiger partial charge is 0.426 e. The molecule has 0 bridgehead atoms. The van der Waals surface area contributed by atoms with Crippen molar-refractivity contribution in [2.24, 2.45) is 0 Å². The molecule has 0 aliphatic rings. The molecule has 0 aromatic heterocycles. The summed E-state index contributed by atoms with van der Waals surface area (Å²) >= 11 is 0. The Hall–Kier alpha value is 0.404. The Morgan fingerprint density at radius 3 is 0.944 bits per heavy atom. The Bertz CT molecular complexity index is 232. The highest BCUT2D eigenvalue weighted by Crippen LogP contribution is 2.68. The molecule has 0 fully saturated rings. The van der Waals surface area contributed by atoms with Gasteiger partial charge in [-0.15, -0.1) is 0 Å². The second-order valence-electron chi connectivity index (χ2n) is 5.90. The average Bonchev–Trinajstić information content (AvgIpc) is 1.89. The van der Waals surface area contributed by atoms with Crippen LogP contribution < -0.4 is 0 Å². The molecule has 110 valence electrons. The van der Waals surface area contributed by atoms with Crippen LogP contribution in [-0.4, -0.2) is 32.3 Å². The van der Waals surface area contributed by atoms with Gasteiger partial charge in [-0.25, -0.2) is 0 Å². The highest BCUT2D eigenvalue weighted by molar-refractivity contribution is 7.61. The number of hydrogen-bond donors (Lipinski definition) is 0. The minimum absolute atomic E-state index is 0.801. The van der Waals surface area contributed by atoms with Crippen LogP contribution in [0.5, 0.6) is 0 Å². The highest BCUT2D eigenvalue weighted by atomic mass is 31.1. The molecule has 0 heterocycles. The fourth-order valence-corrected chi connectivity index (χ4v) is 16.9. The number of nitrogens with zero attached hydrogens (tertiary/aromatic N) is 1. The average molecular weight is 329 g/mol. The van der Waals surface area contributed by atoms with Crippen molar-refractivity contribution in [1.29, 1.82) is 0 Å². The molecule has 0 aromatic rings. The summed E-state index contributed by atoms with van der Waals surface area (Å²) in [5, 5.41) is 0. The summed E-state index contributed by atoms with van der Waals surface area (Å²) in [5.41, 5.74) is 0. The molecule has 0 unspecified atom stereocenters. The zero-order chi connectivity index (χ0) is 15.2. The third-order valence-corrected chi connectivity index (χ3v) is 14.7. The summed E-state index contributed by atoms with van der Waals surface area (Å²) < 4.78 is 77.8. The van der Waals surface area contributed by atoms with Crippen molar-refractivity contribution in [1.82, 2.24) is 4.00 Å². The number of alkyl halides is 6. The lowest BCUT2D eigenvalue weighted by molar-refractivity contribution is -0.0871. The molecule has 0 N–H and O–H groups in total. The van der Waals surface area contributed by atoms with E-state index in [0.29, 0.717) is 0 Å². The smallest absolute Gasteiger partial charge is 0.310 e. The number of halogens is 6. The van der Waals surface area contributed by atoms with Gasteiger partial charge in [0, 0.05) is 0 Å². The van der Waals surface area contributed by atoms with Crippen molar-refractivity contribution in [3.05, 3.63) is 0 Å². The molecular formula is C8H18F6NPSi2. The predicted octanol–water partition coefficient (Wildman–Crippen LogP) is 5.39. The predicted molar refractivity (Wildman–Crippen MR) is 67.6 cm³/mol. The first-order valence-corrected chi connectivity index (χ1v) is 13.4. The van der Waals surface area contributed by atoms with E-state index in [4.69, 9.17) is 0 Å². The summed E-state index contributed by atoms with van der Waals surface area (Å²) in [5.74, 6) is -10.5. The molecule has 0 atom stereocenters. The minimum Gasteiger partial charge on any atom is -0.310 e. The molecule has 0 radical (unpaired) electrons. The zero-order valence-electron chi connectivity index (χ0n) is 11.2. The molecule has 1 nitrogen and oxygen atoms in total. The maximum Gasteiger partial charge on any atom is 0.426 e. The van der Waals surface area contributed by atoms with Gasteiger partial charge in [-0.05, 0) is 0 Å². The quantitative estimate of drug-likeness (QED) is 0.381. The van der Waals surface area contributed by atoms with Gasteiger partial charge in [-0.2, -0.15) is 26.3 Å². The molecule has 0 aliphatic carbocycles. The van der Waals surface area contributed by atoms with Crippen molar-refractivity contribution in [2.75, 3.05) is 0 Å². The summed E-state index contributed by atoms with van der Waals surface area (Å²) in [7, 11) is -9.57. The van der Waals surface area contributed by atoms with Gasteiger partial charge >= 0.3 is 11.8 Å². The molecule has 10 heteroatoms. The van der Waals surface area contributed by atoms with Crippen LogP contribution in [0.1, 0.15) is 0 Å². The van der Waals surface area contributed by atoms with Crippen LogP contribution in [0.15, 0.2) is 0 Å². The molecule has 0 amide bonds. The van der Waals surface area contributed by atoms with E-state index in [1.165, 1.54) is 39.3 Å². The van der Waals surface area contributed by atoms with Crippen LogP contribution in [0.4, 0.5) is 26.3 Å². The lowest BCUT2D eigenvalue weighted by atomic mass is 11.5. The summed E-state index contributed by atoms with van der Waals surface area (Å²) in [6, 6.07) is 0. The Morgan fingerprint density at radius 2 is 0.889 bits per heavy atom. The summed E-state index contributed by atoms with van der Waals surface area (Å²) in [4.78, 5) is 0. The number of hydrogen-bond acceptors (Lipinski definition) is 1. The lowest BCUT2D eigenvalue weighted by Crippen LogP contribution is -2.58. The van der Waals surface area contributed by atoms with E-state index in [1.54, 1.807) is 0 Å². The molecule has 0 aromatic carbocycles. The fourth-order valence-electron chi connectivity index (χ4n) is 1.98. The van der Waals surface area contributed by atoms with Crippen molar-refractivity contribution in [3.8, 4) is 0 Å². The first-order chi connectivity index (χ1) is 7.49. The first kappa shape index (κ1) is 18.4. The second kappa shape index (κ2) is 5.07. The van der Waals surface area contributed by atoms with Crippen LogP contribution in [0.25, 0.3) is 0 Å². The van der Waals surface area contributed by atoms with Crippen LogP contribution in [0.3, 0.4) is 0 Å². The van der Waals surface area contributed by atoms with E-state index in [0.717, 1.165) is 4.00 Å². The molecule has 0 aliphatic heterocycles. The van der Waals surface area contributed by atoms with Crippen molar-refractivity contribution < 1.29 is 26.3 Å². The number of rotatable bonds is 3. The standard InChI is InChI=1S/C8H18F6NPSi2/c1-17(2,3)15(18(4,5)6)16(7(9,10)11)8(12,13)14/h1-6H3. The van der Waals surface area contributed by atoms with E-state index >= 15 is 0 Å². The van der Waals surface area contributed by atoms with Crippen molar-refractivity contribution >= 4 is 24.5 Å². The monoisotopic (exact) mass is 329 g/mol. The second-order valence-corrected chi connectivity index (χ2v) is 18.7. The first-order valence-electron chi connectivity index (χ1n) is 5.23. The Labute approximate surface area is 107 Å². The van der Waals surface area contributed by atoms with Crippen molar-refractivity contribution in [2.45, 2.75) is 51.1 Å². The maximum atomic E-state index is 12.8. The molecule has 0 saturated heterocycles. The van der Waals surface area contributed by atoms with E-state index in [9.17, 15) is 26.3 Å². The van der Waals surface area contributed by atoms with Gasteiger partial charge in [0.2, 0.25) is 0 Å². The van der Waals surface area contributed by atoms with Crippen LogP contribution >= 0.6 is 8.07 Å². The third-order valence-electron chi connectivity index (χ3n) is 1.95. The van der Waals surface area contributed by atoms with Gasteiger partial charge in [-0.3, -0.25) is 0 Å². The molecule has 0 rings (SSSR count). The lowest BCUT2D eigenvalue weighted by Gasteiger charge is -2.48. The Kier molecular flexibility index (Phi) is 5.18. The maximum absolute atomic E-state index is 12.8. The molecule has 0 saturated carbocycles. The van der Waals surface area contributed by atoms with Crippen LogP contribution in [-0.2, 0) is 0 Å². The van der Waals surface area contributed by atoms with E-state index in [1.807, 2.05) is 0 Å². The fraction of sp³-hybridized carbons (Fsp3) is 1.00. The highest BCUT2D eigenvalue weighted by Gasteiger charge is 2.63. The summed E-state index contributed by atoms with van der Waals surface area (Å²) in [6.45, 7) is 9.16. The SMILES string of the molecule is C[Si](C)(C)N(P(C(F)(F)F)C(F)(F)F)[Si](C)(C)C. The van der Waals surface area contributed by atoms with Gasteiger partial charge in [0.05, 0.1) is 0 Å². The van der Waals surface area contributed by atoms with E-state index in [2.05, 4.69) is 0 Å². The van der Waals surface area contributed by atoms with E-state index in [-0.39, 0.29) is 0 Å². The van der Waals surface area contributed by atoms with Crippen LogP contribution in [0.2, 0.25) is 39.3 Å². The third kappa shape index (κ3) is 4.82. The Morgan fingerprint density at radius 1 is 0.667 bits per heavy atom. The molecular weight excluding hydrogens is 311 g/mol. The van der Waals surface area contributed by atoms with E-state index < -0.39 is 36.4 Å². The summed E-state index contributed by atoms with van der Waals surface area (Å²) in [6.07, 6.45) is 0. The van der Waals surface area contributed by atoms with Crippen LogP contribution in [0, 0.1) is 0 Å². The van der Waals surface area contributed by atoms with Gasteiger partial charge in [-0.1, -0.05) is 39.3 Å². The molecule has 0 spiro atoms. The molecule has 18 heavy (non-hydrogen) atoms. The normalized spacial score (nSPS) is 15.7. The van der Waals surface area contributed by atoms with Gasteiger partial charge < -0.3 is 4.00 Å².